The van der Waals surface area contributed by atoms with Gasteiger partial charge in [-0.05, 0) is 36.6 Å². The van der Waals surface area contributed by atoms with E-state index in [0.29, 0.717) is 5.92 Å². The third-order valence-electron chi connectivity index (χ3n) is 3.65. The molecule has 0 saturated heterocycles. The number of hydrogen-bond donors (Lipinski definition) is 1. The molecule has 1 saturated carbocycles. The Morgan fingerprint density at radius 2 is 2.06 bits per heavy atom. The van der Waals surface area contributed by atoms with Crippen molar-refractivity contribution in [1.82, 2.24) is 4.98 Å². The van der Waals surface area contributed by atoms with E-state index in [-0.39, 0.29) is 0 Å². The molecule has 2 aromatic rings. The quantitative estimate of drug-likeness (QED) is 0.895. The zero-order chi connectivity index (χ0) is 12.5. The SMILES string of the molecule is Nc1c(-c2cccc(Br)c2)ccnc1C1CCC1. The number of rotatable bonds is 2. The summed E-state index contributed by atoms with van der Waals surface area (Å²) in [6.45, 7) is 0. The highest BCUT2D eigenvalue weighted by Gasteiger charge is 2.24. The molecule has 1 aliphatic rings. The molecule has 1 fully saturated rings. The Morgan fingerprint density at radius 1 is 1.22 bits per heavy atom. The fraction of sp³-hybridized carbons (Fsp3) is 0.267. The van der Waals surface area contributed by atoms with E-state index < -0.39 is 0 Å². The summed E-state index contributed by atoms with van der Waals surface area (Å²) in [6.07, 6.45) is 5.62. The lowest BCUT2D eigenvalue weighted by atomic mass is 9.81. The first-order valence-corrected chi connectivity index (χ1v) is 7.05. The second-order valence-electron chi connectivity index (χ2n) is 4.80. The lowest BCUT2D eigenvalue weighted by Gasteiger charge is -2.26. The molecule has 1 aliphatic carbocycles. The minimum Gasteiger partial charge on any atom is -0.397 e. The van der Waals surface area contributed by atoms with Gasteiger partial charge in [0.25, 0.3) is 0 Å². The predicted molar refractivity (Wildman–Crippen MR) is 78.4 cm³/mol. The van der Waals surface area contributed by atoms with Gasteiger partial charge in [0, 0.05) is 22.2 Å². The zero-order valence-corrected chi connectivity index (χ0v) is 11.7. The molecule has 0 atom stereocenters. The third-order valence-corrected chi connectivity index (χ3v) is 4.14. The van der Waals surface area contributed by atoms with E-state index >= 15 is 0 Å². The number of nitrogens with zero attached hydrogens (tertiary/aromatic N) is 1. The first-order valence-electron chi connectivity index (χ1n) is 6.26. The number of anilines is 1. The normalized spacial score (nSPS) is 15.4. The van der Waals surface area contributed by atoms with E-state index in [9.17, 15) is 0 Å². The van der Waals surface area contributed by atoms with E-state index in [1.165, 1.54) is 19.3 Å². The van der Waals surface area contributed by atoms with Gasteiger partial charge < -0.3 is 5.73 Å². The summed E-state index contributed by atoms with van der Waals surface area (Å²) in [6, 6.07) is 10.2. The lowest BCUT2D eigenvalue weighted by Crippen LogP contribution is -2.13. The fourth-order valence-electron chi connectivity index (χ4n) is 2.40. The fourth-order valence-corrected chi connectivity index (χ4v) is 2.80. The predicted octanol–water partition coefficient (Wildman–Crippen LogP) is 4.36. The van der Waals surface area contributed by atoms with Crippen molar-refractivity contribution in [1.29, 1.82) is 0 Å². The van der Waals surface area contributed by atoms with Crippen LogP contribution in [-0.2, 0) is 0 Å². The molecule has 0 aliphatic heterocycles. The maximum atomic E-state index is 6.30. The highest BCUT2D eigenvalue weighted by molar-refractivity contribution is 9.10. The van der Waals surface area contributed by atoms with Gasteiger partial charge >= 0.3 is 0 Å². The van der Waals surface area contributed by atoms with E-state index in [0.717, 1.165) is 27.0 Å². The summed E-state index contributed by atoms with van der Waals surface area (Å²) < 4.78 is 1.07. The number of pyridine rings is 1. The molecule has 3 heteroatoms. The highest BCUT2D eigenvalue weighted by Crippen LogP contribution is 2.40. The largest absolute Gasteiger partial charge is 0.397 e. The van der Waals surface area contributed by atoms with Crippen LogP contribution in [0.5, 0.6) is 0 Å². The third kappa shape index (κ3) is 2.03. The summed E-state index contributed by atoms with van der Waals surface area (Å²) in [5.74, 6) is 0.567. The second kappa shape index (κ2) is 4.73. The van der Waals surface area contributed by atoms with Crippen molar-refractivity contribution >= 4 is 21.6 Å². The summed E-state index contributed by atoms with van der Waals surface area (Å²) in [5.41, 5.74) is 10.5. The molecule has 1 aromatic carbocycles. The van der Waals surface area contributed by atoms with Crippen LogP contribution in [0.4, 0.5) is 5.69 Å². The average molecular weight is 303 g/mol. The first kappa shape index (κ1) is 11.7. The Hall–Kier alpha value is -1.35. The van der Waals surface area contributed by atoms with Crippen molar-refractivity contribution in [2.24, 2.45) is 0 Å². The first-order chi connectivity index (χ1) is 8.75. The summed E-state index contributed by atoms with van der Waals surface area (Å²) >= 11 is 3.50. The van der Waals surface area contributed by atoms with Crippen molar-refractivity contribution in [3.63, 3.8) is 0 Å². The summed E-state index contributed by atoms with van der Waals surface area (Å²) in [7, 11) is 0. The number of hydrogen-bond acceptors (Lipinski definition) is 2. The van der Waals surface area contributed by atoms with Crippen LogP contribution < -0.4 is 5.73 Å². The monoisotopic (exact) mass is 302 g/mol. The number of nitrogen functional groups attached to an aromatic ring is 1. The molecule has 1 aromatic heterocycles. The van der Waals surface area contributed by atoms with Crippen molar-refractivity contribution in [3.05, 3.63) is 46.7 Å². The molecule has 2 N–H and O–H groups in total. The van der Waals surface area contributed by atoms with Crippen molar-refractivity contribution in [3.8, 4) is 11.1 Å². The number of halogens is 1. The maximum Gasteiger partial charge on any atom is 0.0669 e. The Balaban J connectivity index is 2.06. The van der Waals surface area contributed by atoms with Crippen LogP contribution in [-0.4, -0.2) is 4.98 Å². The average Bonchev–Trinajstić information content (AvgIpc) is 2.29. The van der Waals surface area contributed by atoms with E-state index in [2.05, 4.69) is 33.0 Å². The molecule has 0 amide bonds. The van der Waals surface area contributed by atoms with Gasteiger partial charge in [-0.15, -0.1) is 0 Å². The molecule has 18 heavy (non-hydrogen) atoms. The minimum atomic E-state index is 0.567. The Kier molecular flexibility index (Phi) is 3.08. The summed E-state index contributed by atoms with van der Waals surface area (Å²) in [5, 5.41) is 0. The highest BCUT2D eigenvalue weighted by atomic mass is 79.9. The van der Waals surface area contributed by atoms with E-state index in [4.69, 9.17) is 5.73 Å². The molecule has 3 rings (SSSR count). The molecule has 92 valence electrons. The molecule has 0 radical (unpaired) electrons. The topological polar surface area (TPSA) is 38.9 Å². The molecular formula is C15H15BrN2. The Morgan fingerprint density at radius 3 is 2.72 bits per heavy atom. The molecule has 0 spiro atoms. The summed E-state index contributed by atoms with van der Waals surface area (Å²) in [4.78, 5) is 4.47. The van der Waals surface area contributed by atoms with Gasteiger partial charge in [-0.2, -0.15) is 0 Å². The lowest BCUT2D eigenvalue weighted by molar-refractivity contribution is 0.412. The maximum absolute atomic E-state index is 6.30. The van der Waals surface area contributed by atoms with Crippen LogP contribution in [0, 0.1) is 0 Å². The zero-order valence-electron chi connectivity index (χ0n) is 10.1. The molecular weight excluding hydrogens is 288 g/mol. The Bertz CT molecular complexity index is 576. The molecule has 0 unspecified atom stereocenters. The van der Waals surface area contributed by atoms with Crippen LogP contribution in [0.15, 0.2) is 41.0 Å². The number of benzene rings is 1. The van der Waals surface area contributed by atoms with Crippen molar-refractivity contribution in [2.45, 2.75) is 25.2 Å². The van der Waals surface area contributed by atoms with Gasteiger partial charge in [0.15, 0.2) is 0 Å². The van der Waals surface area contributed by atoms with Gasteiger partial charge in [-0.1, -0.05) is 34.5 Å². The number of aromatic nitrogens is 1. The smallest absolute Gasteiger partial charge is 0.0669 e. The van der Waals surface area contributed by atoms with Crippen molar-refractivity contribution in [2.75, 3.05) is 5.73 Å². The van der Waals surface area contributed by atoms with E-state index in [1.807, 2.05) is 24.4 Å². The number of nitrogens with two attached hydrogens (primary N) is 1. The molecule has 0 bridgehead atoms. The van der Waals surface area contributed by atoms with Crippen LogP contribution in [0.25, 0.3) is 11.1 Å². The minimum absolute atomic E-state index is 0.567. The van der Waals surface area contributed by atoms with Gasteiger partial charge in [0.1, 0.15) is 0 Å². The van der Waals surface area contributed by atoms with Gasteiger partial charge in [-0.3, -0.25) is 4.98 Å². The van der Waals surface area contributed by atoms with Gasteiger partial charge in [0.05, 0.1) is 11.4 Å². The Labute approximate surface area is 115 Å². The van der Waals surface area contributed by atoms with Crippen LogP contribution in [0.1, 0.15) is 30.9 Å². The molecule has 2 nitrogen and oxygen atoms in total. The van der Waals surface area contributed by atoms with E-state index in [1.54, 1.807) is 0 Å². The standard InChI is InChI=1S/C15H15BrN2/c16-12-6-2-5-11(9-12)13-7-8-18-15(14(13)17)10-3-1-4-10/h2,5-10H,1,3-4,17H2. The van der Waals surface area contributed by atoms with Crippen LogP contribution >= 0.6 is 15.9 Å². The van der Waals surface area contributed by atoms with Crippen LogP contribution in [0.2, 0.25) is 0 Å². The second-order valence-corrected chi connectivity index (χ2v) is 5.71. The van der Waals surface area contributed by atoms with Gasteiger partial charge in [0.2, 0.25) is 0 Å². The molecule has 1 heterocycles. The van der Waals surface area contributed by atoms with Gasteiger partial charge in [-0.25, -0.2) is 0 Å². The van der Waals surface area contributed by atoms with Crippen molar-refractivity contribution < 1.29 is 0 Å². The van der Waals surface area contributed by atoms with Crippen LogP contribution in [0.3, 0.4) is 0 Å².